The Morgan fingerprint density at radius 1 is 1.04 bits per heavy atom. The van der Waals surface area contributed by atoms with Gasteiger partial charge in [0.05, 0.1) is 0 Å². The number of hydrogen-bond donors (Lipinski definition) is 3. The Bertz CT molecular complexity index is 853. The minimum Gasteiger partial charge on any atom is -0.484 e. The van der Waals surface area contributed by atoms with Gasteiger partial charge in [-0.3, -0.25) is 20.4 Å². The van der Waals surface area contributed by atoms with Crippen molar-refractivity contribution in [3.63, 3.8) is 0 Å². The number of halogens is 1. The number of thiocarbonyl (C=S) groups is 1. The van der Waals surface area contributed by atoms with E-state index in [1.165, 1.54) is 0 Å². The summed E-state index contributed by atoms with van der Waals surface area (Å²) in [4.78, 5) is 23.8. The van der Waals surface area contributed by atoms with Gasteiger partial charge in [0.1, 0.15) is 5.75 Å². The third-order valence-electron chi connectivity index (χ3n) is 3.71. The summed E-state index contributed by atoms with van der Waals surface area (Å²) in [5.74, 6) is -0.0897. The van der Waals surface area contributed by atoms with E-state index in [2.05, 4.69) is 16.2 Å². The Kier molecular flexibility index (Phi) is 8.22. The van der Waals surface area contributed by atoms with Crippen molar-refractivity contribution in [2.45, 2.75) is 26.7 Å². The van der Waals surface area contributed by atoms with Crippen LogP contribution in [0.3, 0.4) is 0 Å². The van der Waals surface area contributed by atoms with Crippen LogP contribution in [0.15, 0.2) is 42.5 Å². The zero-order valence-electron chi connectivity index (χ0n) is 15.7. The molecule has 0 unspecified atom stereocenters. The molecule has 2 amide bonds. The molecule has 3 N–H and O–H groups in total. The van der Waals surface area contributed by atoms with Crippen LogP contribution in [0.1, 0.15) is 23.1 Å². The molecule has 2 rings (SSSR count). The summed E-state index contributed by atoms with van der Waals surface area (Å²) < 4.78 is 5.45. The minimum absolute atomic E-state index is 0.00362. The van der Waals surface area contributed by atoms with Crippen molar-refractivity contribution in [2.24, 2.45) is 0 Å². The number of hydrogen-bond acceptors (Lipinski definition) is 4. The Labute approximate surface area is 174 Å². The van der Waals surface area contributed by atoms with Crippen molar-refractivity contribution in [1.29, 1.82) is 0 Å². The van der Waals surface area contributed by atoms with Crippen molar-refractivity contribution >= 4 is 40.7 Å². The van der Waals surface area contributed by atoms with Crippen molar-refractivity contribution in [2.75, 3.05) is 6.61 Å². The van der Waals surface area contributed by atoms with Gasteiger partial charge in [-0.1, -0.05) is 35.9 Å². The van der Waals surface area contributed by atoms with E-state index in [-0.39, 0.29) is 24.0 Å². The summed E-state index contributed by atoms with van der Waals surface area (Å²) in [6.07, 6.45) is 0.708. The summed E-state index contributed by atoms with van der Waals surface area (Å²) in [6, 6.07) is 13.0. The largest absolute Gasteiger partial charge is 0.484 e. The van der Waals surface area contributed by atoms with E-state index < -0.39 is 5.91 Å². The molecule has 0 aliphatic rings. The quantitative estimate of drug-likeness (QED) is 0.495. The molecule has 0 saturated carbocycles. The molecule has 148 valence electrons. The number of hydrazine groups is 1. The minimum atomic E-state index is -0.424. The number of carbonyl (C=O) groups excluding carboxylic acids is 2. The molecule has 0 aliphatic heterocycles. The number of aryl methyl sites for hydroxylation is 3. The van der Waals surface area contributed by atoms with Gasteiger partial charge in [-0.05, 0) is 67.4 Å². The lowest BCUT2D eigenvalue weighted by Gasteiger charge is -2.12. The summed E-state index contributed by atoms with van der Waals surface area (Å²) in [7, 11) is 0. The maximum absolute atomic E-state index is 11.9. The van der Waals surface area contributed by atoms with Crippen LogP contribution in [-0.4, -0.2) is 23.5 Å². The summed E-state index contributed by atoms with van der Waals surface area (Å²) >= 11 is 11.1. The number of nitrogens with one attached hydrogen (secondary N) is 3. The van der Waals surface area contributed by atoms with Gasteiger partial charge in [-0.15, -0.1) is 0 Å². The third-order valence-corrected chi connectivity index (χ3v) is 4.29. The molecule has 0 fully saturated rings. The average molecular weight is 420 g/mol. The molecule has 0 bridgehead atoms. The van der Waals surface area contributed by atoms with E-state index in [0.717, 1.165) is 16.7 Å². The average Bonchev–Trinajstić information content (AvgIpc) is 2.63. The SMILES string of the molecule is Cc1cc(C)cc(OCC(=O)NNC(=S)NC(=O)CCc2ccccc2Cl)c1. The van der Waals surface area contributed by atoms with Gasteiger partial charge >= 0.3 is 0 Å². The van der Waals surface area contributed by atoms with E-state index in [0.29, 0.717) is 17.2 Å². The fourth-order valence-corrected chi connectivity index (χ4v) is 2.89. The molecule has 0 atom stereocenters. The second kappa shape index (κ2) is 10.6. The fourth-order valence-electron chi connectivity index (χ4n) is 2.50. The van der Waals surface area contributed by atoms with Crippen LogP contribution in [0.5, 0.6) is 5.75 Å². The molecule has 0 radical (unpaired) electrons. The molecule has 0 heterocycles. The third kappa shape index (κ3) is 7.54. The Morgan fingerprint density at radius 3 is 2.39 bits per heavy atom. The number of rotatable bonds is 6. The maximum atomic E-state index is 11.9. The molecule has 0 aliphatic carbocycles. The summed E-state index contributed by atoms with van der Waals surface area (Å²) in [5, 5.41) is 3.12. The smallest absolute Gasteiger partial charge is 0.276 e. The van der Waals surface area contributed by atoms with Crippen LogP contribution >= 0.6 is 23.8 Å². The lowest BCUT2D eigenvalue weighted by molar-refractivity contribution is -0.124. The van der Waals surface area contributed by atoms with E-state index in [1.807, 2.05) is 50.2 Å². The molecule has 8 heteroatoms. The van der Waals surface area contributed by atoms with Gasteiger partial charge in [0.25, 0.3) is 5.91 Å². The predicted molar refractivity (Wildman–Crippen MR) is 113 cm³/mol. The first-order chi connectivity index (χ1) is 13.3. The second-order valence-corrected chi connectivity index (χ2v) is 7.07. The van der Waals surface area contributed by atoms with Crippen LogP contribution in [0.4, 0.5) is 0 Å². The highest BCUT2D eigenvalue weighted by molar-refractivity contribution is 7.80. The fraction of sp³-hybridized carbons (Fsp3) is 0.250. The molecule has 0 saturated heterocycles. The molecular formula is C20H22ClN3O3S. The Hall–Kier alpha value is -2.64. The summed E-state index contributed by atoms with van der Waals surface area (Å²) in [5.41, 5.74) is 7.84. The predicted octanol–water partition coefficient (Wildman–Crippen LogP) is 2.99. The second-order valence-electron chi connectivity index (χ2n) is 6.25. The number of carbonyl (C=O) groups is 2. The standard InChI is InChI=1S/C20H22ClN3O3S/c1-13-9-14(2)11-16(10-13)27-12-19(26)23-24-20(28)22-18(25)8-7-15-5-3-4-6-17(15)21/h3-6,9-11H,7-8,12H2,1-2H3,(H,23,26)(H2,22,24,25,28). The lowest BCUT2D eigenvalue weighted by Crippen LogP contribution is -2.49. The monoisotopic (exact) mass is 419 g/mol. The van der Waals surface area contributed by atoms with Gasteiger partial charge in [0.15, 0.2) is 11.7 Å². The molecule has 6 nitrogen and oxygen atoms in total. The highest BCUT2D eigenvalue weighted by atomic mass is 35.5. The van der Waals surface area contributed by atoms with Crippen molar-refractivity contribution < 1.29 is 14.3 Å². The van der Waals surface area contributed by atoms with E-state index in [9.17, 15) is 9.59 Å². The van der Waals surface area contributed by atoms with E-state index >= 15 is 0 Å². The van der Waals surface area contributed by atoms with Crippen molar-refractivity contribution in [1.82, 2.24) is 16.2 Å². The zero-order valence-corrected chi connectivity index (χ0v) is 17.2. The highest BCUT2D eigenvalue weighted by Crippen LogP contribution is 2.17. The molecule has 28 heavy (non-hydrogen) atoms. The first-order valence-electron chi connectivity index (χ1n) is 8.66. The molecule has 0 aromatic heterocycles. The zero-order chi connectivity index (χ0) is 20.5. The first kappa shape index (κ1) is 21.7. The number of benzene rings is 2. The Morgan fingerprint density at radius 2 is 1.71 bits per heavy atom. The van der Waals surface area contributed by atoms with Crippen LogP contribution < -0.4 is 20.9 Å². The van der Waals surface area contributed by atoms with Crippen LogP contribution in [0, 0.1) is 13.8 Å². The van der Waals surface area contributed by atoms with Crippen LogP contribution in [0.2, 0.25) is 5.02 Å². The normalized spacial score (nSPS) is 10.1. The molecule has 2 aromatic carbocycles. The van der Waals surface area contributed by atoms with Crippen LogP contribution in [0.25, 0.3) is 0 Å². The lowest BCUT2D eigenvalue weighted by atomic mass is 10.1. The number of amides is 2. The number of ether oxygens (including phenoxy) is 1. The van der Waals surface area contributed by atoms with Crippen LogP contribution in [-0.2, 0) is 16.0 Å². The molecule has 0 spiro atoms. The van der Waals surface area contributed by atoms with Gasteiger partial charge in [0.2, 0.25) is 5.91 Å². The van der Waals surface area contributed by atoms with Crippen molar-refractivity contribution in [3.8, 4) is 5.75 Å². The maximum Gasteiger partial charge on any atom is 0.276 e. The van der Waals surface area contributed by atoms with Gasteiger partial charge in [-0.25, -0.2) is 0 Å². The Balaban J connectivity index is 1.67. The van der Waals surface area contributed by atoms with E-state index in [1.54, 1.807) is 6.07 Å². The van der Waals surface area contributed by atoms with E-state index in [4.69, 9.17) is 28.6 Å². The topological polar surface area (TPSA) is 79.5 Å². The molecular weight excluding hydrogens is 398 g/mol. The highest BCUT2D eigenvalue weighted by Gasteiger charge is 2.08. The first-order valence-corrected chi connectivity index (χ1v) is 9.45. The van der Waals surface area contributed by atoms with Gasteiger partial charge in [0, 0.05) is 11.4 Å². The van der Waals surface area contributed by atoms with Gasteiger partial charge < -0.3 is 10.1 Å². The summed E-state index contributed by atoms with van der Waals surface area (Å²) in [6.45, 7) is 3.72. The van der Waals surface area contributed by atoms with Gasteiger partial charge in [-0.2, -0.15) is 0 Å². The van der Waals surface area contributed by atoms with Crippen molar-refractivity contribution in [3.05, 3.63) is 64.2 Å². The molecule has 2 aromatic rings.